The van der Waals surface area contributed by atoms with Crippen molar-refractivity contribution in [3.8, 4) is 5.69 Å². The molecule has 8 nitrogen and oxygen atoms in total. The third-order valence-electron chi connectivity index (χ3n) is 4.24. The van der Waals surface area contributed by atoms with Gasteiger partial charge in [-0.05, 0) is 32.2 Å². The molecule has 10 heteroatoms. The van der Waals surface area contributed by atoms with Crippen LogP contribution in [0.5, 0.6) is 0 Å². The minimum atomic E-state index is -0.876. The zero-order valence-electron chi connectivity index (χ0n) is 15.3. The lowest BCUT2D eigenvalue weighted by Gasteiger charge is -2.10. The summed E-state index contributed by atoms with van der Waals surface area (Å²) in [4.78, 5) is 25.3. The number of azo groups is 1. The molecule has 0 spiro atoms. The van der Waals surface area contributed by atoms with Crippen LogP contribution >= 0.6 is 24.0 Å². The normalized spacial score (nSPS) is 17.0. The van der Waals surface area contributed by atoms with Crippen molar-refractivity contribution in [2.75, 3.05) is 6.26 Å². The van der Waals surface area contributed by atoms with E-state index in [1.165, 1.54) is 16.4 Å². The Bertz CT molecular complexity index is 1020. The van der Waals surface area contributed by atoms with Gasteiger partial charge >= 0.3 is 0 Å². The van der Waals surface area contributed by atoms with Crippen molar-refractivity contribution in [3.63, 3.8) is 0 Å². The predicted octanol–water partition coefficient (Wildman–Crippen LogP) is 2.80. The third kappa shape index (κ3) is 3.37. The average molecular weight is 403 g/mol. The third-order valence-corrected chi connectivity index (χ3v) is 5.44. The Morgan fingerprint density at radius 2 is 1.89 bits per heavy atom. The van der Waals surface area contributed by atoms with Crippen molar-refractivity contribution in [1.82, 2.24) is 14.4 Å². The molecule has 2 heterocycles. The molecule has 0 saturated carbocycles. The second-order valence-corrected chi connectivity index (χ2v) is 7.33. The van der Waals surface area contributed by atoms with Crippen LogP contribution in [0.15, 0.2) is 50.5 Å². The van der Waals surface area contributed by atoms with Crippen molar-refractivity contribution in [3.05, 3.63) is 46.4 Å². The molecule has 1 aromatic carbocycles. The number of amides is 1. The molecule has 140 valence electrons. The van der Waals surface area contributed by atoms with Crippen LogP contribution in [0, 0.1) is 6.92 Å². The van der Waals surface area contributed by atoms with E-state index in [1.54, 1.807) is 31.8 Å². The number of thiocarbonyl (C=S) groups is 1. The number of carbonyl (C=O) groups excluding carboxylic acids is 1. The van der Waals surface area contributed by atoms with Crippen molar-refractivity contribution >= 4 is 45.6 Å². The molecule has 1 unspecified atom stereocenters. The summed E-state index contributed by atoms with van der Waals surface area (Å²) in [6, 6.07) is 8.38. The van der Waals surface area contributed by atoms with Crippen LogP contribution in [-0.2, 0) is 11.8 Å². The molecule has 0 aliphatic carbocycles. The van der Waals surface area contributed by atoms with Crippen molar-refractivity contribution in [2.45, 2.75) is 19.9 Å². The molecule has 0 saturated heterocycles. The van der Waals surface area contributed by atoms with Crippen LogP contribution < -0.4 is 5.56 Å². The van der Waals surface area contributed by atoms with Crippen LogP contribution in [0.4, 0.5) is 5.69 Å². The van der Waals surface area contributed by atoms with Gasteiger partial charge in [0.05, 0.1) is 17.1 Å². The second-order valence-electron chi connectivity index (χ2n) is 5.89. The average Bonchev–Trinajstić information content (AvgIpc) is 3.07. The molecule has 1 aliphatic rings. The Morgan fingerprint density at radius 3 is 2.52 bits per heavy atom. The molecule has 27 heavy (non-hydrogen) atoms. The number of hydrogen-bond acceptors (Lipinski definition) is 7. The van der Waals surface area contributed by atoms with E-state index in [4.69, 9.17) is 12.2 Å². The topological polar surface area (TPSA) is 84.3 Å². The van der Waals surface area contributed by atoms with Gasteiger partial charge in [0.1, 0.15) is 0 Å². The Kier molecular flexibility index (Phi) is 5.38. The maximum absolute atomic E-state index is 12.8. The highest BCUT2D eigenvalue weighted by molar-refractivity contribution is 8.22. The molecular formula is C17H18N6O2S2. The molecule has 1 aliphatic heterocycles. The number of carbonyl (C=O) groups is 1. The molecular weight excluding hydrogens is 384 g/mol. The molecule has 1 aromatic heterocycles. The summed E-state index contributed by atoms with van der Waals surface area (Å²) in [7, 11) is 1.77. The molecule has 0 radical (unpaired) electrons. The minimum Gasteiger partial charge on any atom is -0.283 e. The van der Waals surface area contributed by atoms with E-state index in [9.17, 15) is 9.59 Å². The standard InChI is InChI=1S/C17H18N6O2S2/c1-10-13(15(24)22(20-10)17(26)27-4)18-19-14-11(2)21(3)23(16(14)25)12-8-6-5-7-9-12/h5-9,13H,1-4H3. The Balaban J connectivity index is 1.96. The predicted molar refractivity (Wildman–Crippen MR) is 110 cm³/mol. The summed E-state index contributed by atoms with van der Waals surface area (Å²) in [6.45, 7) is 3.46. The zero-order valence-corrected chi connectivity index (χ0v) is 16.9. The van der Waals surface area contributed by atoms with Crippen LogP contribution in [0.3, 0.4) is 0 Å². The second kappa shape index (κ2) is 7.57. The van der Waals surface area contributed by atoms with Crippen molar-refractivity contribution < 1.29 is 4.79 Å². The summed E-state index contributed by atoms with van der Waals surface area (Å²) >= 11 is 6.38. The maximum Gasteiger partial charge on any atom is 0.299 e. The molecule has 1 atom stereocenters. The first-order valence-corrected chi connectivity index (χ1v) is 9.72. The zero-order chi connectivity index (χ0) is 19.7. The molecule has 2 aromatic rings. The highest BCUT2D eigenvalue weighted by Gasteiger charge is 2.36. The molecule has 0 N–H and O–H groups in total. The van der Waals surface area contributed by atoms with Crippen LogP contribution in [0.1, 0.15) is 12.6 Å². The first-order valence-electron chi connectivity index (χ1n) is 8.08. The fraction of sp³-hybridized carbons (Fsp3) is 0.294. The van der Waals surface area contributed by atoms with Gasteiger partial charge in [0, 0.05) is 7.05 Å². The van der Waals surface area contributed by atoms with Gasteiger partial charge in [-0.1, -0.05) is 42.2 Å². The quantitative estimate of drug-likeness (QED) is 0.584. The van der Waals surface area contributed by atoms with Crippen molar-refractivity contribution in [1.29, 1.82) is 0 Å². The largest absolute Gasteiger partial charge is 0.299 e. The lowest BCUT2D eigenvalue weighted by atomic mass is 10.2. The number of nitrogens with zero attached hydrogens (tertiary/aromatic N) is 6. The number of aromatic nitrogens is 2. The fourth-order valence-electron chi connectivity index (χ4n) is 2.69. The summed E-state index contributed by atoms with van der Waals surface area (Å²) in [5.41, 5.74) is 1.73. The minimum absolute atomic E-state index is 0.188. The fourth-order valence-corrected chi connectivity index (χ4v) is 3.13. The van der Waals surface area contributed by atoms with E-state index < -0.39 is 6.04 Å². The van der Waals surface area contributed by atoms with E-state index in [-0.39, 0.29) is 17.2 Å². The van der Waals surface area contributed by atoms with Gasteiger partial charge in [0.2, 0.25) is 0 Å². The van der Waals surface area contributed by atoms with Gasteiger partial charge in [-0.2, -0.15) is 15.2 Å². The van der Waals surface area contributed by atoms with Crippen LogP contribution in [0.2, 0.25) is 0 Å². The lowest BCUT2D eigenvalue weighted by molar-refractivity contribution is -0.125. The lowest BCUT2D eigenvalue weighted by Crippen LogP contribution is -2.32. The Hall–Kier alpha value is -2.59. The van der Waals surface area contributed by atoms with Gasteiger partial charge in [-0.25, -0.2) is 4.68 Å². The number of benzene rings is 1. The van der Waals surface area contributed by atoms with Crippen LogP contribution in [0.25, 0.3) is 5.69 Å². The Morgan fingerprint density at radius 1 is 1.22 bits per heavy atom. The van der Waals surface area contributed by atoms with E-state index in [0.717, 1.165) is 10.7 Å². The highest BCUT2D eigenvalue weighted by Crippen LogP contribution is 2.21. The van der Waals surface area contributed by atoms with E-state index in [1.807, 2.05) is 30.3 Å². The highest BCUT2D eigenvalue weighted by atomic mass is 32.2. The number of thioether (sulfide) groups is 1. The molecule has 0 bridgehead atoms. The molecule has 0 fully saturated rings. The van der Waals surface area contributed by atoms with Gasteiger partial charge in [0.25, 0.3) is 11.5 Å². The Labute approximate surface area is 165 Å². The van der Waals surface area contributed by atoms with Gasteiger partial charge in [-0.3, -0.25) is 14.3 Å². The summed E-state index contributed by atoms with van der Waals surface area (Å²) < 4.78 is 3.56. The number of para-hydroxylation sites is 1. The first kappa shape index (κ1) is 19.2. The van der Waals surface area contributed by atoms with E-state index in [2.05, 4.69) is 15.3 Å². The number of hydrogen-bond donors (Lipinski definition) is 0. The smallest absolute Gasteiger partial charge is 0.283 e. The van der Waals surface area contributed by atoms with Crippen LogP contribution in [-0.4, -0.2) is 42.6 Å². The first-order chi connectivity index (χ1) is 12.9. The summed E-state index contributed by atoms with van der Waals surface area (Å²) in [5.74, 6) is -0.368. The van der Waals surface area contributed by atoms with Crippen molar-refractivity contribution in [2.24, 2.45) is 22.4 Å². The molecule has 3 rings (SSSR count). The summed E-state index contributed by atoms with van der Waals surface area (Å²) in [6.07, 6.45) is 1.77. The van der Waals surface area contributed by atoms with Gasteiger partial charge < -0.3 is 0 Å². The van der Waals surface area contributed by atoms with E-state index >= 15 is 0 Å². The van der Waals surface area contributed by atoms with Gasteiger partial charge in [-0.15, -0.1) is 5.11 Å². The number of rotatable bonds is 3. The van der Waals surface area contributed by atoms with Gasteiger partial charge in [0.15, 0.2) is 16.0 Å². The maximum atomic E-state index is 12.8. The SMILES string of the molecule is CSC(=S)N1N=C(C)C(N=Nc2c(C)n(C)n(-c3ccccc3)c2=O)C1=O. The van der Waals surface area contributed by atoms with E-state index in [0.29, 0.717) is 15.7 Å². The summed E-state index contributed by atoms with van der Waals surface area (Å²) in [5, 5.41) is 13.5. The molecule has 1 amide bonds. The number of hydrazone groups is 1. The monoisotopic (exact) mass is 402 g/mol.